The zero-order valence-corrected chi connectivity index (χ0v) is 14.4. The average molecular weight is 361 g/mol. The fourth-order valence-electron chi connectivity index (χ4n) is 2.78. The van der Waals surface area contributed by atoms with Crippen LogP contribution in [0.3, 0.4) is 0 Å². The van der Waals surface area contributed by atoms with Crippen LogP contribution in [0.5, 0.6) is 0 Å². The van der Waals surface area contributed by atoms with Gasteiger partial charge in [-0.25, -0.2) is 9.59 Å². The summed E-state index contributed by atoms with van der Waals surface area (Å²) in [6, 6.07) is 3.99. The maximum atomic E-state index is 12.5. The highest BCUT2D eigenvalue weighted by Crippen LogP contribution is 2.28. The second-order valence-electron chi connectivity index (χ2n) is 5.77. The highest BCUT2D eigenvalue weighted by molar-refractivity contribution is 6.00. The molecule has 0 heterocycles. The Hall–Kier alpha value is -3.16. The Balaban J connectivity index is 2.30. The van der Waals surface area contributed by atoms with Crippen LogP contribution >= 0.6 is 0 Å². The van der Waals surface area contributed by atoms with E-state index >= 15 is 0 Å². The SMILES string of the molecule is COC(=O)c1cc(NC(=O)[C@@H]2CC=CC[C@H]2C(=O)O)cc(C(=O)OC)c1. The normalized spacial score (nSPS) is 18.7. The number of rotatable bonds is 5. The van der Waals surface area contributed by atoms with Gasteiger partial charge in [0.15, 0.2) is 0 Å². The van der Waals surface area contributed by atoms with Crippen molar-refractivity contribution in [3.05, 3.63) is 41.5 Å². The zero-order valence-electron chi connectivity index (χ0n) is 14.4. The molecule has 1 aromatic rings. The fourth-order valence-corrected chi connectivity index (χ4v) is 2.78. The van der Waals surface area contributed by atoms with Gasteiger partial charge in [0.1, 0.15) is 0 Å². The molecule has 1 aliphatic rings. The van der Waals surface area contributed by atoms with Crippen molar-refractivity contribution in [2.75, 3.05) is 19.5 Å². The lowest BCUT2D eigenvalue weighted by Gasteiger charge is -2.24. The number of ether oxygens (including phenoxy) is 2. The van der Waals surface area contributed by atoms with Crippen LogP contribution in [0.2, 0.25) is 0 Å². The van der Waals surface area contributed by atoms with Gasteiger partial charge in [0, 0.05) is 5.69 Å². The molecule has 0 aromatic heterocycles. The van der Waals surface area contributed by atoms with Gasteiger partial charge in [-0.2, -0.15) is 0 Å². The van der Waals surface area contributed by atoms with Gasteiger partial charge >= 0.3 is 17.9 Å². The Morgan fingerprint density at radius 2 is 1.42 bits per heavy atom. The molecule has 0 fully saturated rings. The summed E-state index contributed by atoms with van der Waals surface area (Å²) in [4.78, 5) is 47.5. The van der Waals surface area contributed by atoms with Gasteiger partial charge in [-0.1, -0.05) is 12.2 Å². The monoisotopic (exact) mass is 361 g/mol. The molecule has 0 bridgehead atoms. The Morgan fingerprint density at radius 3 is 1.88 bits per heavy atom. The molecule has 8 heteroatoms. The van der Waals surface area contributed by atoms with E-state index in [0.29, 0.717) is 6.42 Å². The summed E-state index contributed by atoms with van der Waals surface area (Å²) in [5.74, 6) is -4.50. The number of nitrogens with one attached hydrogen (secondary N) is 1. The lowest BCUT2D eigenvalue weighted by Crippen LogP contribution is -2.34. The van der Waals surface area contributed by atoms with E-state index in [2.05, 4.69) is 14.8 Å². The molecule has 0 radical (unpaired) electrons. The van der Waals surface area contributed by atoms with Crippen molar-refractivity contribution in [1.29, 1.82) is 0 Å². The first-order valence-electron chi connectivity index (χ1n) is 7.87. The van der Waals surface area contributed by atoms with Crippen LogP contribution < -0.4 is 5.32 Å². The van der Waals surface area contributed by atoms with Gasteiger partial charge in [0.25, 0.3) is 0 Å². The summed E-state index contributed by atoms with van der Waals surface area (Å²) >= 11 is 0. The van der Waals surface area contributed by atoms with Crippen molar-refractivity contribution >= 4 is 29.5 Å². The predicted octanol–water partition coefficient (Wildman–Crippen LogP) is 1.87. The van der Waals surface area contributed by atoms with Crippen LogP contribution in [0.4, 0.5) is 5.69 Å². The number of methoxy groups -OCH3 is 2. The Bertz CT molecular complexity index is 735. The molecule has 0 aliphatic heterocycles. The standard InChI is InChI=1S/C18H19NO7/c1-25-17(23)10-7-11(18(24)26-2)9-12(8-10)19-15(20)13-5-3-4-6-14(13)16(21)22/h3-4,7-9,13-14H,5-6H2,1-2H3,(H,19,20)(H,21,22)/t13-,14-/m1/s1. The molecule has 1 amide bonds. The van der Waals surface area contributed by atoms with E-state index in [1.807, 2.05) is 0 Å². The quantitative estimate of drug-likeness (QED) is 0.607. The number of hydrogen-bond acceptors (Lipinski definition) is 6. The largest absolute Gasteiger partial charge is 0.481 e. The van der Waals surface area contributed by atoms with Crippen LogP contribution in [0, 0.1) is 11.8 Å². The Kier molecular flexibility index (Phi) is 6.11. The van der Waals surface area contributed by atoms with E-state index in [0.717, 1.165) is 0 Å². The first-order chi connectivity index (χ1) is 12.4. The van der Waals surface area contributed by atoms with Crippen molar-refractivity contribution in [1.82, 2.24) is 0 Å². The van der Waals surface area contributed by atoms with Crippen LogP contribution in [0.15, 0.2) is 30.4 Å². The number of carbonyl (C=O) groups is 4. The molecule has 2 N–H and O–H groups in total. The smallest absolute Gasteiger partial charge is 0.337 e. The van der Waals surface area contributed by atoms with Crippen molar-refractivity contribution in [2.45, 2.75) is 12.8 Å². The Morgan fingerprint density at radius 1 is 0.923 bits per heavy atom. The molecule has 0 unspecified atom stereocenters. The van der Waals surface area contributed by atoms with Gasteiger partial charge < -0.3 is 19.9 Å². The molecule has 8 nitrogen and oxygen atoms in total. The van der Waals surface area contributed by atoms with Crippen molar-refractivity contribution in [3.63, 3.8) is 0 Å². The minimum absolute atomic E-state index is 0.0593. The Labute approximate surface area is 149 Å². The van der Waals surface area contributed by atoms with Crippen LogP contribution in [0.1, 0.15) is 33.6 Å². The summed E-state index contributed by atoms with van der Waals surface area (Å²) in [5, 5.41) is 11.9. The van der Waals surface area contributed by atoms with E-state index in [9.17, 15) is 24.3 Å². The molecule has 0 saturated heterocycles. The zero-order chi connectivity index (χ0) is 19.3. The van der Waals surface area contributed by atoms with E-state index < -0.39 is 35.7 Å². The minimum Gasteiger partial charge on any atom is -0.481 e. The summed E-state index contributed by atoms with van der Waals surface area (Å²) in [6.45, 7) is 0. The number of carbonyl (C=O) groups excluding carboxylic acids is 3. The summed E-state index contributed by atoms with van der Waals surface area (Å²) < 4.78 is 9.28. The van der Waals surface area contributed by atoms with Crippen LogP contribution in [-0.4, -0.2) is 43.1 Å². The topological polar surface area (TPSA) is 119 Å². The van der Waals surface area contributed by atoms with Crippen molar-refractivity contribution in [2.24, 2.45) is 11.8 Å². The second kappa shape index (κ2) is 8.28. The maximum Gasteiger partial charge on any atom is 0.337 e. The molecular formula is C18H19NO7. The first-order valence-corrected chi connectivity index (χ1v) is 7.87. The molecule has 2 rings (SSSR count). The van der Waals surface area contributed by atoms with Crippen LogP contribution in [-0.2, 0) is 19.1 Å². The number of hydrogen-bond donors (Lipinski definition) is 2. The molecule has 2 atom stereocenters. The first kappa shape index (κ1) is 19.2. The van der Waals surface area contributed by atoms with Crippen molar-refractivity contribution in [3.8, 4) is 0 Å². The third-order valence-electron chi connectivity index (χ3n) is 4.13. The fraction of sp³-hybridized carbons (Fsp3) is 0.333. The van der Waals surface area contributed by atoms with E-state index in [1.165, 1.54) is 32.4 Å². The van der Waals surface area contributed by atoms with Crippen molar-refractivity contribution < 1.29 is 33.8 Å². The molecule has 0 saturated carbocycles. The maximum absolute atomic E-state index is 12.5. The average Bonchev–Trinajstić information content (AvgIpc) is 2.66. The number of amides is 1. The van der Waals surface area contributed by atoms with Gasteiger partial charge in [-0.15, -0.1) is 0 Å². The molecule has 1 aromatic carbocycles. The van der Waals surface area contributed by atoms with Gasteiger partial charge in [-0.05, 0) is 31.0 Å². The number of allylic oxidation sites excluding steroid dienone is 2. The summed E-state index contributed by atoms with van der Waals surface area (Å²) in [6.07, 6.45) is 4.05. The van der Waals surface area contributed by atoms with Gasteiger partial charge in [0.2, 0.25) is 5.91 Å². The number of anilines is 1. The highest BCUT2D eigenvalue weighted by Gasteiger charge is 2.34. The number of esters is 2. The second-order valence-corrected chi connectivity index (χ2v) is 5.77. The number of carboxylic acid groups (broad SMARTS) is 1. The molecule has 0 spiro atoms. The number of aliphatic carboxylic acids is 1. The molecule has 26 heavy (non-hydrogen) atoms. The molecule has 138 valence electrons. The molecular weight excluding hydrogens is 342 g/mol. The summed E-state index contributed by atoms with van der Waals surface area (Å²) in [7, 11) is 2.38. The number of benzene rings is 1. The van der Waals surface area contributed by atoms with E-state index in [1.54, 1.807) is 12.2 Å². The van der Waals surface area contributed by atoms with Gasteiger partial charge in [0.05, 0.1) is 37.2 Å². The number of carboxylic acids is 1. The predicted molar refractivity (Wildman–Crippen MR) is 90.7 cm³/mol. The molecule has 1 aliphatic carbocycles. The van der Waals surface area contributed by atoms with E-state index in [-0.39, 0.29) is 23.2 Å². The van der Waals surface area contributed by atoms with E-state index in [4.69, 9.17) is 0 Å². The lowest BCUT2D eigenvalue weighted by molar-refractivity contribution is -0.146. The van der Waals surface area contributed by atoms with Crippen LogP contribution in [0.25, 0.3) is 0 Å². The minimum atomic E-state index is -1.05. The third-order valence-corrected chi connectivity index (χ3v) is 4.13. The highest BCUT2D eigenvalue weighted by atomic mass is 16.5. The lowest BCUT2D eigenvalue weighted by atomic mass is 9.82. The third kappa shape index (κ3) is 4.27. The summed E-state index contributed by atoms with van der Waals surface area (Å²) in [5.41, 5.74) is 0.296. The van der Waals surface area contributed by atoms with Gasteiger partial charge in [-0.3, -0.25) is 9.59 Å².